The van der Waals surface area contributed by atoms with Crippen LogP contribution in [0.4, 0.5) is 0 Å². The Bertz CT molecular complexity index is 575. The number of hydrogen-bond donors (Lipinski definition) is 1. The third kappa shape index (κ3) is 3.84. The molecule has 2 heteroatoms. The Morgan fingerprint density at radius 2 is 1.85 bits per heavy atom. The van der Waals surface area contributed by atoms with Gasteiger partial charge in [-0.15, -0.1) is 0 Å². The van der Waals surface area contributed by atoms with E-state index in [9.17, 15) is 0 Å². The van der Waals surface area contributed by atoms with Gasteiger partial charge in [0.1, 0.15) is 12.4 Å². The Balaban J connectivity index is 2.16. The van der Waals surface area contributed by atoms with Gasteiger partial charge in [0, 0.05) is 6.04 Å². The van der Waals surface area contributed by atoms with Crippen molar-refractivity contribution >= 4 is 0 Å². The van der Waals surface area contributed by atoms with Crippen molar-refractivity contribution in [1.82, 2.24) is 0 Å². The molecule has 0 aliphatic heterocycles. The maximum atomic E-state index is 6.05. The summed E-state index contributed by atoms with van der Waals surface area (Å²) in [6.45, 7) is 6.79. The molecule has 0 saturated carbocycles. The number of ether oxygens (including phenoxy) is 1. The van der Waals surface area contributed by atoms with E-state index in [0.29, 0.717) is 6.61 Å². The minimum Gasteiger partial charge on any atom is -0.488 e. The Morgan fingerprint density at radius 1 is 1.10 bits per heavy atom. The van der Waals surface area contributed by atoms with Crippen molar-refractivity contribution in [3.05, 3.63) is 64.7 Å². The molecule has 0 fully saturated rings. The normalized spacial score (nSPS) is 12.2. The molecule has 0 aliphatic carbocycles. The number of benzene rings is 2. The van der Waals surface area contributed by atoms with E-state index in [-0.39, 0.29) is 6.04 Å². The van der Waals surface area contributed by atoms with E-state index in [4.69, 9.17) is 10.5 Å². The third-order valence-corrected chi connectivity index (χ3v) is 3.30. The van der Waals surface area contributed by atoms with Crippen molar-refractivity contribution in [2.75, 3.05) is 0 Å². The molecule has 0 heterocycles. The van der Waals surface area contributed by atoms with Gasteiger partial charge < -0.3 is 10.5 Å². The standard InChI is InChI=1S/C18H23NO/c1-13-6-4-8-16(10-13)12-20-18-14(2)7-5-9-17(18)11-15(3)19/h4-10,15H,11-12,19H2,1-3H3. The highest BCUT2D eigenvalue weighted by Crippen LogP contribution is 2.25. The summed E-state index contributed by atoms with van der Waals surface area (Å²) in [6.07, 6.45) is 0.838. The van der Waals surface area contributed by atoms with Crippen LogP contribution in [0, 0.1) is 13.8 Å². The number of para-hydroxylation sites is 1. The first-order valence-corrected chi connectivity index (χ1v) is 7.08. The lowest BCUT2D eigenvalue weighted by Crippen LogP contribution is -2.18. The number of nitrogens with two attached hydrogens (primary N) is 1. The molecule has 0 bridgehead atoms. The number of aryl methyl sites for hydroxylation is 2. The van der Waals surface area contributed by atoms with Gasteiger partial charge in [0.15, 0.2) is 0 Å². The van der Waals surface area contributed by atoms with Crippen LogP contribution in [0.5, 0.6) is 5.75 Å². The zero-order chi connectivity index (χ0) is 14.5. The van der Waals surface area contributed by atoms with Gasteiger partial charge in [0.05, 0.1) is 0 Å². The average Bonchev–Trinajstić information content (AvgIpc) is 2.37. The van der Waals surface area contributed by atoms with Crippen LogP contribution < -0.4 is 10.5 Å². The van der Waals surface area contributed by atoms with Gasteiger partial charge in [0.2, 0.25) is 0 Å². The van der Waals surface area contributed by atoms with Gasteiger partial charge in [-0.05, 0) is 43.9 Å². The second-order valence-corrected chi connectivity index (χ2v) is 5.52. The molecule has 2 nitrogen and oxygen atoms in total. The SMILES string of the molecule is Cc1cccc(COc2c(C)cccc2CC(C)N)c1. The molecule has 106 valence electrons. The lowest BCUT2D eigenvalue weighted by Gasteiger charge is -2.15. The number of hydrogen-bond acceptors (Lipinski definition) is 2. The molecule has 1 atom stereocenters. The fourth-order valence-electron chi connectivity index (χ4n) is 2.38. The zero-order valence-corrected chi connectivity index (χ0v) is 12.5. The van der Waals surface area contributed by atoms with E-state index in [1.54, 1.807) is 0 Å². The predicted molar refractivity (Wildman–Crippen MR) is 84.0 cm³/mol. The lowest BCUT2D eigenvalue weighted by molar-refractivity contribution is 0.300. The molecule has 0 saturated heterocycles. The van der Waals surface area contributed by atoms with Crippen LogP contribution in [-0.4, -0.2) is 6.04 Å². The molecule has 0 spiro atoms. The van der Waals surface area contributed by atoms with Crippen LogP contribution in [0.15, 0.2) is 42.5 Å². The molecule has 2 aromatic rings. The molecule has 0 aromatic heterocycles. The average molecular weight is 269 g/mol. The number of rotatable bonds is 5. The molecule has 0 radical (unpaired) electrons. The van der Waals surface area contributed by atoms with Crippen molar-refractivity contribution in [2.45, 2.75) is 39.8 Å². The molecule has 0 amide bonds. The minimum atomic E-state index is 0.137. The third-order valence-electron chi connectivity index (χ3n) is 3.30. The highest BCUT2D eigenvalue weighted by Gasteiger charge is 2.09. The van der Waals surface area contributed by atoms with Crippen LogP contribution in [0.2, 0.25) is 0 Å². The fraction of sp³-hybridized carbons (Fsp3) is 0.333. The van der Waals surface area contributed by atoms with E-state index in [2.05, 4.69) is 56.3 Å². The molecular weight excluding hydrogens is 246 g/mol. The molecule has 20 heavy (non-hydrogen) atoms. The summed E-state index contributed by atoms with van der Waals surface area (Å²) in [4.78, 5) is 0. The molecule has 2 aromatic carbocycles. The summed E-state index contributed by atoms with van der Waals surface area (Å²) >= 11 is 0. The molecular formula is C18H23NO. The highest BCUT2D eigenvalue weighted by molar-refractivity contribution is 5.41. The summed E-state index contributed by atoms with van der Waals surface area (Å²) in [5.74, 6) is 0.978. The van der Waals surface area contributed by atoms with Gasteiger partial charge >= 0.3 is 0 Å². The van der Waals surface area contributed by atoms with Gasteiger partial charge in [0.25, 0.3) is 0 Å². The quantitative estimate of drug-likeness (QED) is 0.896. The first kappa shape index (κ1) is 14.6. The summed E-state index contributed by atoms with van der Waals surface area (Å²) in [5, 5.41) is 0. The van der Waals surface area contributed by atoms with E-state index in [1.165, 1.54) is 16.7 Å². The van der Waals surface area contributed by atoms with E-state index in [1.807, 2.05) is 6.92 Å². The lowest BCUT2D eigenvalue weighted by atomic mass is 10.0. The predicted octanol–water partition coefficient (Wildman–Crippen LogP) is 3.77. The monoisotopic (exact) mass is 269 g/mol. The maximum Gasteiger partial charge on any atom is 0.125 e. The maximum absolute atomic E-state index is 6.05. The van der Waals surface area contributed by atoms with Crippen molar-refractivity contribution in [1.29, 1.82) is 0 Å². The Kier molecular flexibility index (Phi) is 4.80. The molecule has 1 unspecified atom stereocenters. The smallest absolute Gasteiger partial charge is 0.125 e. The summed E-state index contributed by atoms with van der Waals surface area (Å²) in [7, 11) is 0. The summed E-state index contributed by atoms with van der Waals surface area (Å²) in [5.41, 5.74) is 10.7. The van der Waals surface area contributed by atoms with Crippen LogP contribution in [0.1, 0.15) is 29.2 Å². The first-order chi connectivity index (χ1) is 9.56. The van der Waals surface area contributed by atoms with E-state index < -0.39 is 0 Å². The van der Waals surface area contributed by atoms with Gasteiger partial charge in [-0.25, -0.2) is 0 Å². The van der Waals surface area contributed by atoms with Crippen molar-refractivity contribution in [2.24, 2.45) is 5.73 Å². The van der Waals surface area contributed by atoms with Crippen LogP contribution in [0.25, 0.3) is 0 Å². The topological polar surface area (TPSA) is 35.2 Å². The Morgan fingerprint density at radius 3 is 2.55 bits per heavy atom. The van der Waals surface area contributed by atoms with Crippen LogP contribution >= 0.6 is 0 Å². The first-order valence-electron chi connectivity index (χ1n) is 7.08. The second kappa shape index (κ2) is 6.58. The fourth-order valence-corrected chi connectivity index (χ4v) is 2.38. The summed E-state index contributed by atoms with van der Waals surface area (Å²) < 4.78 is 6.05. The Hall–Kier alpha value is -1.80. The van der Waals surface area contributed by atoms with Gasteiger partial charge in [-0.1, -0.05) is 48.0 Å². The summed E-state index contributed by atoms with van der Waals surface area (Å²) in [6, 6.07) is 14.8. The van der Waals surface area contributed by atoms with Crippen LogP contribution in [0.3, 0.4) is 0 Å². The van der Waals surface area contributed by atoms with E-state index in [0.717, 1.165) is 17.7 Å². The van der Waals surface area contributed by atoms with Crippen molar-refractivity contribution in [3.8, 4) is 5.75 Å². The van der Waals surface area contributed by atoms with Crippen molar-refractivity contribution in [3.63, 3.8) is 0 Å². The molecule has 2 rings (SSSR count). The van der Waals surface area contributed by atoms with E-state index >= 15 is 0 Å². The molecule has 2 N–H and O–H groups in total. The highest BCUT2D eigenvalue weighted by atomic mass is 16.5. The Labute approximate surface area is 121 Å². The van der Waals surface area contributed by atoms with Crippen LogP contribution in [-0.2, 0) is 13.0 Å². The van der Waals surface area contributed by atoms with Gasteiger partial charge in [-0.2, -0.15) is 0 Å². The van der Waals surface area contributed by atoms with Crippen molar-refractivity contribution < 1.29 is 4.74 Å². The second-order valence-electron chi connectivity index (χ2n) is 5.52. The van der Waals surface area contributed by atoms with Gasteiger partial charge in [-0.3, -0.25) is 0 Å². The molecule has 0 aliphatic rings. The minimum absolute atomic E-state index is 0.137. The largest absolute Gasteiger partial charge is 0.488 e. The zero-order valence-electron chi connectivity index (χ0n) is 12.5.